The highest BCUT2D eigenvalue weighted by atomic mass is 32.1. The van der Waals surface area contributed by atoms with E-state index in [-0.39, 0.29) is 0 Å². The Kier molecular flexibility index (Phi) is 5.38. The Morgan fingerprint density at radius 1 is 1.35 bits per heavy atom. The molecule has 0 saturated heterocycles. The predicted octanol–water partition coefficient (Wildman–Crippen LogP) is 2.90. The van der Waals surface area contributed by atoms with E-state index in [0.717, 1.165) is 41.8 Å². The van der Waals surface area contributed by atoms with E-state index in [1.165, 1.54) is 0 Å². The fourth-order valence-electron chi connectivity index (χ4n) is 2.01. The Bertz CT molecular complexity index is 541. The van der Waals surface area contributed by atoms with Crippen LogP contribution >= 0.6 is 11.3 Å². The number of para-hydroxylation sites is 2. The van der Waals surface area contributed by atoms with Crippen molar-refractivity contribution in [3.05, 3.63) is 40.3 Å². The predicted molar refractivity (Wildman–Crippen MR) is 84.6 cm³/mol. The van der Waals surface area contributed by atoms with E-state index in [2.05, 4.69) is 40.6 Å². The zero-order chi connectivity index (χ0) is 14.4. The number of rotatable bonds is 7. The van der Waals surface area contributed by atoms with Crippen LogP contribution in [0.15, 0.2) is 29.6 Å². The number of benzene rings is 1. The molecule has 1 aromatic carbocycles. The summed E-state index contributed by atoms with van der Waals surface area (Å²) >= 11 is 1.71. The van der Waals surface area contributed by atoms with Crippen LogP contribution in [0.2, 0.25) is 0 Å². The number of ether oxygens (including phenoxy) is 1. The molecule has 0 amide bonds. The second kappa shape index (κ2) is 7.26. The standard InChI is InChI=1S/C15H21N3OS/c1-4-16-9-15-17-12(11-20-15)10-18(2)13-7-5-6-8-14(13)19-3/h5-8,11,16H,4,9-10H2,1-3H3. The summed E-state index contributed by atoms with van der Waals surface area (Å²) in [5, 5.41) is 6.55. The van der Waals surface area contributed by atoms with Gasteiger partial charge in [0.25, 0.3) is 0 Å². The lowest BCUT2D eigenvalue weighted by Crippen LogP contribution is -2.17. The Labute approximate surface area is 124 Å². The van der Waals surface area contributed by atoms with Crippen LogP contribution in [0.5, 0.6) is 5.75 Å². The molecule has 4 nitrogen and oxygen atoms in total. The number of nitrogens with zero attached hydrogens (tertiary/aromatic N) is 2. The second-order valence-electron chi connectivity index (χ2n) is 4.54. The summed E-state index contributed by atoms with van der Waals surface area (Å²) in [6.07, 6.45) is 0. The van der Waals surface area contributed by atoms with Crippen molar-refractivity contribution in [2.75, 3.05) is 25.6 Å². The van der Waals surface area contributed by atoms with Crippen molar-refractivity contribution in [2.45, 2.75) is 20.0 Å². The molecule has 1 heterocycles. The molecule has 2 aromatic rings. The topological polar surface area (TPSA) is 37.4 Å². The zero-order valence-electron chi connectivity index (χ0n) is 12.2. The van der Waals surface area contributed by atoms with Gasteiger partial charge in [-0.25, -0.2) is 4.98 Å². The quantitative estimate of drug-likeness (QED) is 0.851. The fourth-order valence-corrected chi connectivity index (χ4v) is 2.76. The van der Waals surface area contributed by atoms with Gasteiger partial charge in [-0.2, -0.15) is 0 Å². The van der Waals surface area contributed by atoms with Gasteiger partial charge in [-0.1, -0.05) is 19.1 Å². The molecule has 1 aromatic heterocycles. The van der Waals surface area contributed by atoms with Gasteiger partial charge in [0.2, 0.25) is 0 Å². The van der Waals surface area contributed by atoms with E-state index in [1.807, 2.05) is 18.2 Å². The first-order chi connectivity index (χ1) is 9.74. The highest BCUT2D eigenvalue weighted by Gasteiger charge is 2.10. The molecule has 0 unspecified atom stereocenters. The van der Waals surface area contributed by atoms with Crippen molar-refractivity contribution in [1.82, 2.24) is 10.3 Å². The van der Waals surface area contributed by atoms with E-state index in [0.29, 0.717) is 0 Å². The Hall–Kier alpha value is -1.59. The lowest BCUT2D eigenvalue weighted by molar-refractivity contribution is 0.414. The molecule has 108 valence electrons. The summed E-state index contributed by atoms with van der Waals surface area (Å²) in [5.41, 5.74) is 2.17. The molecular weight excluding hydrogens is 270 g/mol. The summed E-state index contributed by atoms with van der Waals surface area (Å²) in [6, 6.07) is 8.04. The average molecular weight is 291 g/mol. The lowest BCUT2D eigenvalue weighted by atomic mass is 10.2. The molecule has 5 heteroatoms. The van der Waals surface area contributed by atoms with Gasteiger partial charge in [-0.3, -0.25) is 0 Å². The van der Waals surface area contributed by atoms with E-state index in [9.17, 15) is 0 Å². The summed E-state index contributed by atoms with van der Waals surface area (Å²) in [6.45, 7) is 4.70. The number of hydrogen-bond donors (Lipinski definition) is 1. The van der Waals surface area contributed by atoms with Gasteiger partial charge in [-0.15, -0.1) is 11.3 Å². The van der Waals surface area contributed by atoms with Crippen molar-refractivity contribution in [3.63, 3.8) is 0 Å². The average Bonchev–Trinajstić information content (AvgIpc) is 2.92. The first-order valence-corrected chi connectivity index (χ1v) is 7.60. The van der Waals surface area contributed by atoms with Crippen LogP contribution in [0.4, 0.5) is 5.69 Å². The number of aromatic nitrogens is 1. The van der Waals surface area contributed by atoms with Crippen LogP contribution in [0.25, 0.3) is 0 Å². The molecule has 1 N–H and O–H groups in total. The maximum atomic E-state index is 5.39. The second-order valence-corrected chi connectivity index (χ2v) is 5.48. The number of anilines is 1. The number of thiazole rings is 1. The van der Waals surface area contributed by atoms with Crippen LogP contribution in [-0.4, -0.2) is 25.7 Å². The summed E-state index contributed by atoms with van der Waals surface area (Å²) in [7, 11) is 3.76. The van der Waals surface area contributed by atoms with E-state index < -0.39 is 0 Å². The van der Waals surface area contributed by atoms with E-state index in [1.54, 1.807) is 18.4 Å². The van der Waals surface area contributed by atoms with Crippen LogP contribution < -0.4 is 15.0 Å². The smallest absolute Gasteiger partial charge is 0.142 e. The van der Waals surface area contributed by atoms with Gasteiger partial charge in [-0.05, 0) is 18.7 Å². The molecular formula is C15H21N3OS. The van der Waals surface area contributed by atoms with Crippen molar-refractivity contribution < 1.29 is 4.74 Å². The largest absolute Gasteiger partial charge is 0.495 e. The summed E-state index contributed by atoms with van der Waals surface area (Å²) < 4.78 is 5.39. The normalized spacial score (nSPS) is 10.6. The van der Waals surface area contributed by atoms with E-state index >= 15 is 0 Å². The monoisotopic (exact) mass is 291 g/mol. The maximum Gasteiger partial charge on any atom is 0.142 e. The third-order valence-electron chi connectivity index (χ3n) is 3.02. The molecule has 0 spiro atoms. The number of hydrogen-bond acceptors (Lipinski definition) is 5. The fraction of sp³-hybridized carbons (Fsp3) is 0.400. The van der Waals surface area contributed by atoms with Crippen molar-refractivity contribution in [3.8, 4) is 5.75 Å². The first-order valence-electron chi connectivity index (χ1n) is 6.72. The van der Waals surface area contributed by atoms with Crippen LogP contribution in [0.1, 0.15) is 17.6 Å². The third-order valence-corrected chi connectivity index (χ3v) is 3.92. The van der Waals surface area contributed by atoms with Gasteiger partial charge in [0.05, 0.1) is 25.0 Å². The minimum atomic E-state index is 0.781. The van der Waals surface area contributed by atoms with Crippen molar-refractivity contribution in [1.29, 1.82) is 0 Å². The lowest BCUT2D eigenvalue weighted by Gasteiger charge is -2.20. The molecule has 0 aliphatic heterocycles. The minimum absolute atomic E-state index is 0.781. The molecule has 0 aliphatic rings. The van der Waals surface area contributed by atoms with Crippen molar-refractivity contribution in [2.24, 2.45) is 0 Å². The van der Waals surface area contributed by atoms with Gasteiger partial charge in [0.1, 0.15) is 10.8 Å². The Balaban J connectivity index is 2.03. The molecule has 0 bridgehead atoms. The van der Waals surface area contributed by atoms with Gasteiger partial charge in [0, 0.05) is 19.0 Å². The molecule has 0 radical (unpaired) electrons. The zero-order valence-corrected chi connectivity index (χ0v) is 13.0. The van der Waals surface area contributed by atoms with Gasteiger partial charge >= 0.3 is 0 Å². The SMILES string of the molecule is CCNCc1nc(CN(C)c2ccccc2OC)cs1. The first kappa shape index (κ1) is 14.8. The maximum absolute atomic E-state index is 5.39. The van der Waals surface area contributed by atoms with Crippen LogP contribution in [-0.2, 0) is 13.1 Å². The molecule has 0 saturated carbocycles. The molecule has 0 fully saturated rings. The van der Waals surface area contributed by atoms with Crippen LogP contribution in [0, 0.1) is 0 Å². The van der Waals surface area contributed by atoms with E-state index in [4.69, 9.17) is 4.74 Å². The number of nitrogens with one attached hydrogen (secondary N) is 1. The van der Waals surface area contributed by atoms with Gasteiger partial charge < -0.3 is 15.0 Å². The van der Waals surface area contributed by atoms with Crippen molar-refractivity contribution >= 4 is 17.0 Å². The Morgan fingerprint density at radius 2 is 2.15 bits per heavy atom. The Morgan fingerprint density at radius 3 is 2.90 bits per heavy atom. The third kappa shape index (κ3) is 3.71. The summed E-state index contributed by atoms with van der Waals surface area (Å²) in [4.78, 5) is 6.80. The number of methoxy groups -OCH3 is 1. The molecule has 0 aliphatic carbocycles. The molecule has 20 heavy (non-hydrogen) atoms. The highest BCUT2D eigenvalue weighted by molar-refractivity contribution is 7.09. The molecule has 0 atom stereocenters. The minimum Gasteiger partial charge on any atom is -0.495 e. The molecule has 2 rings (SSSR count). The highest BCUT2D eigenvalue weighted by Crippen LogP contribution is 2.27. The van der Waals surface area contributed by atoms with Gasteiger partial charge in [0.15, 0.2) is 0 Å². The van der Waals surface area contributed by atoms with Crippen LogP contribution in [0.3, 0.4) is 0 Å². The summed E-state index contributed by atoms with van der Waals surface area (Å²) in [5.74, 6) is 0.887.